The number of aliphatic hydroxyl groups is 1. The van der Waals surface area contributed by atoms with Gasteiger partial charge in [0, 0.05) is 17.4 Å². The van der Waals surface area contributed by atoms with Gasteiger partial charge in [0.15, 0.2) is 11.5 Å². The Morgan fingerprint density at radius 1 is 0.750 bits per heavy atom. The Hall–Kier alpha value is -3.50. The van der Waals surface area contributed by atoms with Gasteiger partial charge in [0.25, 0.3) is 0 Å². The Balaban J connectivity index is 1.66. The standard InChI is InChI=1S/C24H19N3O/c28-24(20-12-5-2-6-13-20)17-22(18-9-3-1-4-10-18)26-27(24)23-16-15-19-11-7-8-14-21(19)25-23/h1-16,28H,17H2. The van der Waals surface area contributed by atoms with Crippen LogP contribution in [0.3, 0.4) is 0 Å². The summed E-state index contributed by atoms with van der Waals surface area (Å²) >= 11 is 0. The predicted octanol–water partition coefficient (Wildman–Crippen LogP) is 4.69. The van der Waals surface area contributed by atoms with Crippen LogP contribution >= 0.6 is 0 Å². The van der Waals surface area contributed by atoms with Gasteiger partial charge in [0.2, 0.25) is 0 Å². The van der Waals surface area contributed by atoms with Crippen LogP contribution in [-0.4, -0.2) is 15.8 Å². The third kappa shape index (κ3) is 2.75. The number of fused-ring (bicyclic) bond motifs is 1. The van der Waals surface area contributed by atoms with E-state index in [9.17, 15) is 5.11 Å². The normalized spacial score (nSPS) is 19.0. The molecule has 1 atom stereocenters. The minimum atomic E-state index is -1.29. The second kappa shape index (κ2) is 6.59. The summed E-state index contributed by atoms with van der Waals surface area (Å²) in [6.45, 7) is 0. The number of hydrogen-bond donors (Lipinski definition) is 1. The highest BCUT2D eigenvalue weighted by Crippen LogP contribution is 2.39. The molecule has 28 heavy (non-hydrogen) atoms. The Bertz CT molecular complexity index is 1160. The molecule has 2 heterocycles. The van der Waals surface area contributed by atoms with Crippen LogP contribution in [0.15, 0.2) is 102 Å². The molecule has 5 rings (SSSR count). The van der Waals surface area contributed by atoms with E-state index >= 15 is 0 Å². The smallest absolute Gasteiger partial charge is 0.192 e. The second-order valence-electron chi connectivity index (χ2n) is 6.95. The minimum Gasteiger partial charge on any atom is -0.365 e. The summed E-state index contributed by atoms with van der Waals surface area (Å²) in [5.41, 5.74) is 2.21. The molecule has 4 heteroatoms. The lowest BCUT2D eigenvalue weighted by Gasteiger charge is -2.32. The number of rotatable bonds is 3. The van der Waals surface area contributed by atoms with Gasteiger partial charge >= 0.3 is 0 Å². The highest BCUT2D eigenvalue weighted by atomic mass is 16.3. The molecule has 1 aromatic heterocycles. The Labute approximate surface area is 163 Å². The van der Waals surface area contributed by atoms with E-state index in [1.165, 1.54) is 0 Å². The van der Waals surface area contributed by atoms with Gasteiger partial charge < -0.3 is 5.11 Å². The number of benzene rings is 3. The zero-order chi connectivity index (χ0) is 19.0. The molecule has 0 amide bonds. The van der Waals surface area contributed by atoms with Crippen molar-refractivity contribution in [3.63, 3.8) is 0 Å². The molecule has 136 valence electrons. The Morgan fingerprint density at radius 3 is 2.21 bits per heavy atom. The molecular weight excluding hydrogens is 346 g/mol. The first-order valence-electron chi connectivity index (χ1n) is 9.31. The molecule has 1 aliphatic heterocycles. The van der Waals surface area contributed by atoms with Crippen LogP contribution in [0.4, 0.5) is 5.82 Å². The van der Waals surface area contributed by atoms with Crippen molar-refractivity contribution in [2.45, 2.75) is 12.1 Å². The summed E-state index contributed by atoms with van der Waals surface area (Å²) < 4.78 is 0. The van der Waals surface area contributed by atoms with Gasteiger partial charge in [0.1, 0.15) is 0 Å². The summed E-state index contributed by atoms with van der Waals surface area (Å²) in [5, 5.41) is 19.3. The lowest BCUT2D eigenvalue weighted by Crippen LogP contribution is -2.40. The first-order chi connectivity index (χ1) is 13.7. The maximum absolute atomic E-state index is 11.8. The fourth-order valence-electron chi connectivity index (χ4n) is 3.68. The number of anilines is 1. The summed E-state index contributed by atoms with van der Waals surface area (Å²) in [4.78, 5) is 4.77. The van der Waals surface area contributed by atoms with Crippen molar-refractivity contribution in [2.75, 3.05) is 5.01 Å². The molecule has 0 saturated carbocycles. The van der Waals surface area contributed by atoms with E-state index in [0.717, 1.165) is 27.7 Å². The second-order valence-corrected chi connectivity index (χ2v) is 6.95. The van der Waals surface area contributed by atoms with E-state index in [1.54, 1.807) is 5.01 Å². The number of nitrogens with zero attached hydrogens (tertiary/aromatic N) is 3. The zero-order valence-corrected chi connectivity index (χ0v) is 15.2. The zero-order valence-electron chi connectivity index (χ0n) is 15.2. The van der Waals surface area contributed by atoms with Crippen LogP contribution in [0.1, 0.15) is 17.5 Å². The van der Waals surface area contributed by atoms with Gasteiger partial charge in [-0.3, -0.25) is 0 Å². The van der Waals surface area contributed by atoms with Crippen LogP contribution < -0.4 is 5.01 Å². The molecule has 1 aliphatic rings. The van der Waals surface area contributed by atoms with E-state index in [2.05, 4.69) is 0 Å². The van der Waals surface area contributed by atoms with E-state index in [1.807, 2.05) is 97.1 Å². The fourth-order valence-corrected chi connectivity index (χ4v) is 3.68. The monoisotopic (exact) mass is 365 g/mol. The first kappa shape index (κ1) is 16.7. The van der Waals surface area contributed by atoms with Crippen LogP contribution in [0.2, 0.25) is 0 Å². The molecule has 0 saturated heterocycles. The molecule has 4 aromatic rings. The van der Waals surface area contributed by atoms with Gasteiger partial charge in [-0.05, 0) is 23.8 Å². The number of para-hydroxylation sites is 1. The number of hydrogen-bond acceptors (Lipinski definition) is 4. The predicted molar refractivity (Wildman–Crippen MR) is 112 cm³/mol. The lowest BCUT2D eigenvalue weighted by atomic mass is 9.95. The maximum atomic E-state index is 11.8. The average molecular weight is 365 g/mol. The number of pyridine rings is 1. The van der Waals surface area contributed by atoms with Crippen molar-refractivity contribution in [1.29, 1.82) is 0 Å². The van der Waals surface area contributed by atoms with Gasteiger partial charge in [-0.25, -0.2) is 9.99 Å². The Kier molecular flexibility index (Phi) is 3.92. The topological polar surface area (TPSA) is 48.7 Å². The van der Waals surface area contributed by atoms with E-state index < -0.39 is 5.72 Å². The molecule has 1 unspecified atom stereocenters. The van der Waals surface area contributed by atoms with Crippen LogP contribution in [0, 0.1) is 0 Å². The van der Waals surface area contributed by atoms with E-state index in [0.29, 0.717) is 12.2 Å². The fraction of sp³-hybridized carbons (Fsp3) is 0.0833. The molecule has 3 aromatic carbocycles. The Morgan fingerprint density at radius 2 is 1.43 bits per heavy atom. The largest absolute Gasteiger partial charge is 0.365 e. The van der Waals surface area contributed by atoms with Gasteiger partial charge in [0.05, 0.1) is 11.2 Å². The van der Waals surface area contributed by atoms with Gasteiger partial charge in [-0.2, -0.15) is 5.10 Å². The molecule has 0 radical (unpaired) electrons. The van der Waals surface area contributed by atoms with E-state index in [4.69, 9.17) is 10.1 Å². The van der Waals surface area contributed by atoms with Gasteiger partial charge in [-0.1, -0.05) is 78.9 Å². The summed E-state index contributed by atoms with van der Waals surface area (Å²) in [6.07, 6.45) is 0.384. The van der Waals surface area contributed by atoms with Gasteiger partial charge in [-0.15, -0.1) is 0 Å². The van der Waals surface area contributed by atoms with Crippen LogP contribution in [0.25, 0.3) is 10.9 Å². The molecule has 0 spiro atoms. The molecule has 1 N–H and O–H groups in total. The van der Waals surface area contributed by atoms with Crippen molar-refractivity contribution >= 4 is 22.4 Å². The van der Waals surface area contributed by atoms with Crippen LogP contribution in [0.5, 0.6) is 0 Å². The summed E-state index contributed by atoms with van der Waals surface area (Å²) in [7, 11) is 0. The molecule has 0 fully saturated rings. The van der Waals surface area contributed by atoms with Crippen molar-refractivity contribution in [2.24, 2.45) is 5.10 Å². The highest BCUT2D eigenvalue weighted by Gasteiger charge is 2.44. The number of aromatic nitrogens is 1. The SMILES string of the molecule is OC1(c2ccccc2)CC(c2ccccc2)=NN1c1ccc2ccccc2n1. The first-order valence-corrected chi connectivity index (χ1v) is 9.31. The highest BCUT2D eigenvalue weighted by molar-refractivity contribution is 6.03. The third-order valence-electron chi connectivity index (χ3n) is 5.13. The summed E-state index contributed by atoms with van der Waals surface area (Å²) in [5.74, 6) is 0.621. The average Bonchev–Trinajstić information content (AvgIpc) is 3.13. The molecule has 0 bridgehead atoms. The minimum absolute atomic E-state index is 0.384. The number of hydrazone groups is 1. The molecular formula is C24H19N3O. The molecule has 0 aliphatic carbocycles. The summed E-state index contributed by atoms with van der Waals surface area (Å²) in [6, 6.07) is 31.5. The van der Waals surface area contributed by atoms with Crippen LogP contribution in [-0.2, 0) is 5.72 Å². The molecule has 4 nitrogen and oxygen atoms in total. The van der Waals surface area contributed by atoms with E-state index in [-0.39, 0.29) is 0 Å². The lowest BCUT2D eigenvalue weighted by molar-refractivity contribution is 0.0487. The van der Waals surface area contributed by atoms with Crippen molar-refractivity contribution in [1.82, 2.24) is 4.98 Å². The van der Waals surface area contributed by atoms with Crippen molar-refractivity contribution in [3.8, 4) is 0 Å². The maximum Gasteiger partial charge on any atom is 0.192 e. The quantitative estimate of drug-likeness (QED) is 0.573. The van der Waals surface area contributed by atoms with Crippen molar-refractivity contribution < 1.29 is 5.11 Å². The third-order valence-corrected chi connectivity index (χ3v) is 5.13. The van der Waals surface area contributed by atoms with Crippen molar-refractivity contribution in [3.05, 3.63) is 108 Å².